The fraction of sp³-hybridized carbons (Fsp3) is 0.923. The van der Waals surface area contributed by atoms with E-state index in [4.69, 9.17) is 0 Å². The standard InChI is InChI=1S/C13H23NO/c1-9-3-5-11(6-4-9)8-14-13(15)12-7-10(12)2/h9-12H,3-8H2,1-2H3,(H,14,15)/t9?,10-,11?,12+/m0/s1. The lowest BCUT2D eigenvalue weighted by atomic mass is 9.83. The summed E-state index contributed by atoms with van der Waals surface area (Å²) in [6, 6.07) is 0. The minimum Gasteiger partial charge on any atom is -0.356 e. The molecule has 0 unspecified atom stereocenters. The number of hydrogen-bond acceptors (Lipinski definition) is 1. The summed E-state index contributed by atoms with van der Waals surface area (Å²) in [5, 5.41) is 3.12. The zero-order chi connectivity index (χ0) is 10.8. The molecule has 2 heteroatoms. The first-order chi connectivity index (χ1) is 7.16. The quantitative estimate of drug-likeness (QED) is 0.760. The van der Waals surface area contributed by atoms with Crippen molar-refractivity contribution in [2.75, 3.05) is 6.54 Å². The molecule has 0 spiro atoms. The van der Waals surface area contributed by atoms with E-state index in [2.05, 4.69) is 19.2 Å². The second-order valence-corrected chi connectivity index (χ2v) is 5.69. The van der Waals surface area contributed by atoms with Crippen LogP contribution in [0.15, 0.2) is 0 Å². The van der Waals surface area contributed by atoms with E-state index in [1.807, 2.05) is 0 Å². The van der Waals surface area contributed by atoms with Gasteiger partial charge in [0.15, 0.2) is 0 Å². The van der Waals surface area contributed by atoms with Gasteiger partial charge in [0.1, 0.15) is 0 Å². The number of carbonyl (C=O) groups excluding carboxylic acids is 1. The van der Waals surface area contributed by atoms with Crippen LogP contribution in [0.2, 0.25) is 0 Å². The Kier molecular flexibility index (Phi) is 3.32. The number of rotatable bonds is 3. The Labute approximate surface area is 92.8 Å². The molecule has 2 fully saturated rings. The van der Waals surface area contributed by atoms with E-state index < -0.39 is 0 Å². The highest BCUT2D eigenvalue weighted by atomic mass is 16.2. The van der Waals surface area contributed by atoms with Crippen LogP contribution in [0, 0.1) is 23.7 Å². The first-order valence-electron chi connectivity index (χ1n) is 6.44. The molecule has 15 heavy (non-hydrogen) atoms. The first kappa shape index (κ1) is 11.0. The van der Waals surface area contributed by atoms with Gasteiger partial charge in [-0.2, -0.15) is 0 Å². The highest BCUT2D eigenvalue weighted by molar-refractivity contribution is 5.81. The molecule has 0 radical (unpaired) electrons. The number of hydrogen-bond donors (Lipinski definition) is 1. The van der Waals surface area contributed by atoms with E-state index in [1.165, 1.54) is 25.7 Å². The third-order valence-corrected chi connectivity index (χ3v) is 4.15. The summed E-state index contributed by atoms with van der Waals surface area (Å²) in [5.41, 5.74) is 0. The highest BCUT2D eigenvalue weighted by Crippen LogP contribution is 2.37. The molecule has 2 saturated carbocycles. The van der Waals surface area contributed by atoms with E-state index in [0.717, 1.165) is 24.8 Å². The predicted molar refractivity (Wildman–Crippen MR) is 61.4 cm³/mol. The summed E-state index contributed by atoms with van der Waals surface area (Å²) in [5.74, 6) is 2.93. The topological polar surface area (TPSA) is 29.1 Å². The van der Waals surface area contributed by atoms with Crippen LogP contribution in [0.4, 0.5) is 0 Å². The predicted octanol–water partition coefficient (Wildman–Crippen LogP) is 2.58. The molecular formula is C13H23NO. The number of nitrogens with one attached hydrogen (secondary N) is 1. The van der Waals surface area contributed by atoms with Crippen LogP contribution in [-0.2, 0) is 4.79 Å². The molecule has 0 heterocycles. The first-order valence-corrected chi connectivity index (χ1v) is 6.44. The Bertz CT molecular complexity index is 231. The van der Waals surface area contributed by atoms with Crippen LogP contribution in [0.5, 0.6) is 0 Å². The molecule has 1 N–H and O–H groups in total. The molecule has 0 aromatic heterocycles. The van der Waals surface area contributed by atoms with Crippen LogP contribution in [-0.4, -0.2) is 12.5 Å². The van der Waals surface area contributed by atoms with Crippen molar-refractivity contribution < 1.29 is 4.79 Å². The third kappa shape index (κ3) is 2.96. The van der Waals surface area contributed by atoms with Crippen molar-refractivity contribution in [3.05, 3.63) is 0 Å². The van der Waals surface area contributed by atoms with Crippen molar-refractivity contribution in [1.82, 2.24) is 5.32 Å². The van der Waals surface area contributed by atoms with Crippen LogP contribution >= 0.6 is 0 Å². The van der Waals surface area contributed by atoms with E-state index in [9.17, 15) is 4.79 Å². The van der Waals surface area contributed by atoms with Crippen LogP contribution < -0.4 is 5.32 Å². The Hall–Kier alpha value is -0.530. The second-order valence-electron chi connectivity index (χ2n) is 5.69. The fourth-order valence-corrected chi connectivity index (χ4v) is 2.60. The van der Waals surface area contributed by atoms with Crippen molar-refractivity contribution >= 4 is 5.91 Å². The highest BCUT2D eigenvalue weighted by Gasteiger charge is 2.39. The minimum absolute atomic E-state index is 0.307. The van der Waals surface area contributed by atoms with Gasteiger partial charge in [-0.05, 0) is 37.0 Å². The Morgan fingerprint density at radius 3 is 2.33 bits per heavy atom. The zero-order valence-electron chi connectivity index (χ0n) is 9.96. The lowest BCUT2D eigenvalue weighted by molar-refractivity contribution is -0.122. The molecule has 0 saturated heterocycles. The van der Waals surface area contributed by atoms with E-state index >= 15 is 0 Å². The molecular weight excluding hydrogens is 186 g/mol. The van der Waals surface area contributed by atoms with Gasteiger partial charge in [-0.25, -0.2) is 0 Å². The molecule has 2 aliphatic carbocycles. The molecule has 2 aliphatic rings. The van der Waals surface area contributed by atoms with Gasteiger partial charge in [0.2, 0.25) is 5.91 Å². The van der Waals surface area contributed by atoms with Crippen molar-refractivity contribution in [3.8, 4) is 0 Å². The SMILES string of the molecule is CC1CCC(CNC(=O)[C@@H]2C[C@@H]2C)CC1. The smallest absolute Gasteiger partial charge is 0.223 e. The maximum absolute atomic E-state index is 11.6. The van der Waals surface area contributed by atoms with Gasteiger partial charge in [-0.3, -0.25) is 4.79 Å². The fourth-order valence-electron chi connectivity index (χ4n) is 2.60. The van der Waals surface area contributed by atoms with Gasteiger partial charge in [-0.15, -0.1) is 0 Å². The monoisotopic (exact) mass is 209 g/mol. The van der Waals surface area contributed by atoms with Gasteiger partial charge in [0, 0.05) is 12.5 Å². The normalized spacial score (nSPS) is 39.9. The lowest BCUT2D eigenvalue weighted by Gasteiger charge is -2.26. The maximum Gasteiger partial charge on any atom is 0.223 e. The second kappa shape index (κ2) is 4.54. The maximum atomic E-state index is 11.6. The summed E-state index contributed by atoms with van der Waals surface area (Å²) in [7, 11) is 0. The lowest BCUT2D eigenvalue weighted by Crippen LogP contribution is -2.32. The van der Waals surface area contributed by atoms with Crippen LogP contribution in [0.3, 0.4) is 0 Å². The number of amides is 1. The summed E-state index contributed by atoms with van der Waals surface area (Å²) >= 11 is 0. The molecule has 2 nitrogen and oxygen atoms in total. The average Bonchev–Trinajstić information content (AvgIpc) is 2.94. The van der Waals surface area contributed by atoms with Crippen LogP contribution in [0.25, 0.3) is 0 Å². The summed E-state index contributed by atoms with van der Waals surface area (Å²) < 4.78 is 0. The van der Waals surface area contributed by atoms with Gasteiger partial charge in [0.05, 0.1) is 0 Å². The van der Waals surface area contributed by atoms with Crippen molar-refractivity contribution in [1.29, 1.82) is 0 Å². The zero-order valence-corrected chi connectivity index (χ0v) is 9.96. The van der Waals surface area contributed by atoms with Crippen molar-refractivity contribution in [2.45, 2.75) is 46.0 Å². The largest absolute Gasteiger partial charge is 0.356 e. The molecule has 2 atom stereocenters. The van der Waals surface area contributed by atoms with Gasteiger partial charge in [-0.1, -0.05) is 26.7 Å². The molecule has 0 bridgehead atoms. The van der Waals surface area contributed by atoms with E-state index in [1.54, 1.807) is 0 Å². The minimum atomic E-state index is 0.307. The van der Waals surface area contributed by atoms with Gasteiger partial charge in [0.25, 0.3) is 0 Å². The molecule has 86 valence electrons. The summed E-state index contributed by atoms with van der Waals surface area (Å²) in [6.45, 7) is 5.42. The molecule has 1 amide bonds. The Morgan fingerprint density at radius 1 is 1.20 bits per heavy atom. The van der Waals surface area contributed by atoms with Crippen LogP contribution in [0.1, 0.15) is 46.0 Å². The van der Waals surface area contributed by atoms with Crippen molar-refractivity contribution in [2.24, 2.45) is 23.7 Å². The molecule has 0 aromatic carbocycles. The van der Waals surface area contributed by atoms with E-state index in [-0.39, 0.29) is 0 Å². The third-order valence-electron chi connectivity index (χ3n) is 4.15. The molecule has 2 rings (SSSR count). The molecule has 0 aromatic rings. The summed E-state index contributed by atoms with van der Waals surface area (Å²) in [4.78, 5) is 11.6. The number of carbonyl (C=O) groups is 1. The summed E-state index contributed by atoms with van der Waals surface area (Å²) in [6.07, 6.45) is 6.41. The van der Waals surface area contributed by atoms with E-state index in [0.29, 0.717) is 17.7 Å². The van der Waals surface area contributed by atoms with Gasteiger partial charge >= 0.3 is 0 Å². The molecule has 0 aliphatic heterocycles. The average molecular weight is 209 g/mol. The van der Waals surface area contributed by atoms with Gasteiger partial charge < -0.3 is 5.32 Å². The van der Waals surface area contributed by atoms with Crippen molar-refractivity contribution in [3.63, 3.8) is 0 Å². The Morgan fingerprint density at radius 2 is 1.80 bits per heavy atom. The Balaban J connectivity index is 1.63.